The molecule has 0 heterocycles. The maximum atomic E-state index is 11.5. The van der Waals surface area contributed by atoms with Crippen LogP contribution in [0.1, 0.15) is 32.3 Å². The second kappa shape index (κ2) is 5.18. The summed E-state index contributed by atoms with van der Waals surface area (Å²) in [7, 11) is -4.90. The third-order valence-electron chi connectivity index (χ3n) is 3.29. The number of rotatable bonds is 5. The topological polar surface area (TPSA) is 106 Å². The van der Waals surface area contributed by atoms with E-state index in [9.17, 15) is 24.5 Å². The van der Waals surface area contributed by atoms with Gasteiger partial charge < -0.3 is 14.4 Å². The summed E-state index contributed by atoms with van der Waals surface area (Å²) < 4.78 is 11.5. The monoisotopic (exact) mass is 271 g/mol. The maximum Gasteiger partial charge on any atom is 0.269 e. The summed E-state index contributed by atoms with van der Waals surface area (Å²) in [6, 6.07) is 5.27. The Bertz CT molecular complexity index is 492. The molecular weight excluding hydrogens is 257 g/mol. The molecule has 1 aromatic carbocycles. The molecule has 0 aliphatic heterocycles. The van der Waals surface area contributed by atoms with Gasteiger partial charge in [0.05, 0.1) is 4.92 Å². The van der Waals surface area contributed by atoms with E-state index >= 15 is 0 Å². The van der Waals surface area contributed by atoms with E-state index in [1.165, 1.54) is 18.2 Å². The number of hydrogen-bond donors (Lipinski definition) is 0. The first-order chi connectivity index (χ1) is 8.28. The molecule has 0 atom stereocenters. The van der Waals surface area contributed by atoms with Gasteiger partial charge in [-0.05, 0) is 18.4 Å². The summed E-state index contributed by atoms with van der Waals surface area (Å²) in [6.45, 7) is 3.18. The summed E-state index contributed by atoms with van der Waals surface area (Å²) in [5.41, 5.74) is -0.0257. The van der Waals surface area contributed by atoms with Crippen molar-refractivity contribution in [3.8, 4) is 0 Å². The third-order valence-corrected chi connectivity index (χ3v) is 5.23. The van der Waals surface area contributed by atoms with Crippen LogP contribution in [-0.2, 0) is 9.72 Å². The molecule has 0 amide bonds. The Morgan fingerprint density at radius 3 is 2.22 bits per heavy atom. The largest absolute Gasteiger partial charge is 0.810 e. The molecule has 7 heteroatoms. The van der Waals surface area contributed by atoms with Crippen molar-refractivity contribution in [2.75, 3.05) is 0 Å². The number of nitro groups is 1. The van der Waals surface area contributed by atoms with Crippen molar-refractivity contribution >= 4 is 13.3 Å². The average molecular weight is 271 g/mol. The lowest BCUT2D eigenvalue weighted by molar-refractivity contribution is -0.385. The van der Waals surface area contributed by atoms with Crippen LogP contribution in [-0.4, -0.2) is 4.92 Å². The van der Waals surface area contributed by atoms with Gasteiger partial charge in [-0.15, -0.1) is 0 Å². The summed E-state index contributed by atoms with van der Waals surface area (Å²) in [4.78, 5) is 33.1. The third kappa shape index (κ3) is 2.46. The molecule has 0 radical (unpaired) electrons. The number of benzene rings is 1. The Kier molecular flexibility index (Phi) is 4.27. The van der Waals surface area contributed by atoms with E-state index in [2.05, 4.69) is 0 Å². The predicted molar refractivity (Wildman–Crippen MR) is 63.0 cm³/mol. The molecule has 0 aromatic heterocycles. The molecule has 0 N–H and O–H groups in total. The number of nitrogens with zero attached hydrogens (tertiary/aromatic N) is 1. The van der Waals surface area contributed by atoms with Crippen LogP contribution in [0.2, 0.25) is 0 Å². The van der Waals surface area contributed by atoms with Crippen molar-refractivity contribution in [1.29, 1.82) is 0 Å². The average Bonchev–Trinajstić information content (AvgIpc) is 2.30. The van der Waals surface area contributed by atoms with Gasteiger partial charge in [0.25, 0.3) is 5.69 Å². The van der Waals surface area contributed by atoms with E-state index < -0.39 is 17.7 Å². The SMILES string of the molecule is CCC(CC)(c1cccc([N+](=O)[O-])c1)P(=O)([O-])[O-]. The van der Waals surface area contributed by atoms with Crippen molar-refractivity contribution < 1.29 is 19.3 Å². The number of nitro benzene ring substituents is 1. The van der Waals surface area contributed by atoms with Gasteiger partial charge in [-0.25, -0.2) is 0 Å². The Balaban J connectivity index is 3.44. The van der Waals surface area contributed by atoms with Crippen molar-refractivity contribution in [3.05, 3.63) is 39.9 Å². The molecular formula is C11H14NO5P-2. The van der Waals surface area contributed by atoms with Crippen LogP contribution in [0.3, 0.4) is 0 Å². The highest BCUT2D eigenvalue weighted by molar-refractivity contribution is 7.50. The molecule has 6 nitrogen and oxygen atoms in total. The zero-order valence-corrected chi connectivity index (χ0v) is 11.1. The minimum atomic E-state index is -4.90. The van der Waals surface area contributed by atoms with Gasteiger partial charge in [0.2, 0.25) is 0 Å². The van der Waals surface area contributed by atoms with Gasteiger partial charge in [-0.1, -0.05) is 33.6 Å². The van der Waals surface area contributed by atoms with E-state index in [0.29, 0.717) is 0 Å². The summed E-state index contributed by atoms with van der Waals surface area (Å²) in [5.74, 6) is 0. The van der Waals surface area contributed by atoms with Gasteiger partial charge in [0, 0.05) is 17.3 Å². The van der Waals surface area contributed by atoms with E-state index in [1.807, 2.05) is 0 Å². The molecule has 1 aromatic rings. The quantitative estimate of drug-likeness (QED) is 0.458. The minimum Gasteiger partial charge on any atom is -0.810 e. The van der Waals surface area contributed by atoms with Crippen LogP contribution in [0.4, 0.5) is 5.69 Å². The molecule has 100 valence electrons. The van der Waals surface area contributed by atoms with E-state index in [1.54, 1.807) is 13.8 Å². The van der Waals surface area contributed by atoms with Crippen molar-refractivity contribution in [2.45, 2.75) is 31.8 Å². The second-order valence-corrected chi connectivity index (χ2v) is 5.89. The van der Waals surface area contributed by atoms with Crippen molar-refractivity contribution in [1.82, 2.24) is 0 Å². The molecule has 18 heavy (non-hydrogen) atoms. The van der Waals surface area contributed by atoms with Crippen LogP contribution in [0, 0.1) is 10.1 Å². The lowest BCUT2D eigenvalue weighted by Gasteiger charge is -2.49. The van der Waals surface area contributed by atoms with Crippen molar-refractivity contribution in [2.24, 2.45) is 0 Å². The first kappa shape index (κ1) is 14.8. The Morgan fingerprint density at radius 1 is 1.28 bits per heavy atom. The molecule has 0 saturated carbocycles. The minimum absolute atomic E-state index is 0.0922. The van der Waals surface area contributed by atoms with Crippen LogP contribution in [0.15, 0.2) is 24.3 Å². The fourth-order valence-corrected chi connectivity index (χ4v) is 3.34. The molecule has 0 fully saturated rings. The smallest absolute Gasteiger partial charge is 0.269 e. The number of hydrogen-bond acceptors (Lipinski definition) is 5. The summed E-state index contributed by atoms with van der Waals surface area (Å²) in [5, 5.41) is 9.12. The van der Waals surface area contributed by atoms with E-state index in [-0.39, 0.29) is 24.1 Å². The molecule has 0 spiro atoms. The zero-order chi connectivity index (χ0) is 14.0. The summed E-state index contributed by atoms with van der Waals surface area (Å²) >= 11 is 0. The first-order valence-corrected chi connectivity index (χ1v) is 7.10. The first-order valence-electron chi connectivity index (χ1n) is 5.55. The van der Waals surface area contributed by atoms with Crippen LogP contribution in [0.5, 0.6) is 0 Å². The van der Waals surface area contributed by atoms with Gasteiger partial charge in [-0.3, -0.25) is 10.1 Å². The normalized spacial score (nSPS) is 12.4. The predicted octanol–water partition coefficient (Wildman–Crippen LogP) is 1.52. The zero-order valence-electron chi connectivity index (χ0n) is 10.2. The molecule has 0 bridgehead atoms. The van der Waals surface area contributed by atoms with Gasteiger partial charge in [-0.2, -0.15) is 0 Å². The maximum absolute atomic E-state index is 11.5. The molecule has 0 aliphatic rings. The standard InChI is InChI=1S/C11H16NO5P/c1-3-11(4-2,18(15,16)17)9-6-5-7-10(8-9)12(13)14/h5-8H,3-4H2,1-2H3,(H2,15,16,17)/p-2. The van der Waals surface area contributed by atoms with E-state index in [4.69, 9.17) is 0 Å². The molecule has 1 rings (SSSR count). The van der Waals surface area contributed by atoms with Crippen LogP contribution >= 0.6 is 7.60 Å². The highest BCUT2D eigenvalue weighted by Crippen LogP contribution is 2.55. The fourth-order valence-electron chi connectivity index (χ4n) is 2.11. The van der Waals surface area contributed by atoms with Crippen LogP contribution < -0.4 is 9.79 Å². The molecule has 0 aliphatic carbocycles. The van der Waals surface area contributed by atoms with Gasteiger partial charge in [0.1, 0.15) is 0 Å². The fraction of sp³-hybridized carbons (Fsp3) is 0.455. The highest BCUT2D eigenvalue weighted by atomic mass is 31.2. The number of non-ortho nitro benzene ring substituents is 1. The Labute approximate surface area is 105 Å². The van der Waals surface area contributed by atoms with E-state index in [0.717, 1.165) is 6.07 Å². The summed E-state index contributed by atoms with van der Waals surface area (Å²) in [6.07, 6.45) is 0.184. The molecule has 0 unspecified atom stereocenters. The lowest BCUT2D eigenvalue weighted by Crippen LogP contribution is -2.36. The highest BCUT2D eigenvalue weighted by Gasteiger charge is 2.33. The molecule has 0 saturated heterocycles. The second-order valence-electron chi connectivity index (χ2n) is 4.04. The van der Waals surface area contributed by atoms with Crippen molar-refractivity contribution in [3.63, 3.8) is 0 Å². The Hall–Kier alpha value is -1.23. The van der Waals surface area contributed by atoms with Crippen LogP contribution in [0.25, 0.3) is 0 Å². The van der Waals surface area contributed by atoms with Gasteiger partial charge in [0.15, 0.2) is 0 Å². The Morgan fingerprint density at radius 2 is 1.83 bits per heavy atom. The lowest BCUT2D eigenvalue weighted by atomic mass is 9.92. The van der Waals surface area contributed by atoms with Gasteiger partial charge >= 0.3 is 0 Å².